The van der Waals surface area contributed by atoms with Gasteiger partial charge in [-0.1, -0.05) is 23.8 Å². The summed E-state index contributed by atoms with van der Waals surface area (Å²) in [4.78, 5) is 13.8. The maximum absolute atomic E-state index is 12.8. The van der Waals surface area contributed by atoms with Crippen LogP contribution in [0.4, 0.5) is 5.69 Å². The van der Waals surface area contributed by atoms with Crippen molar-refractivity contribution in [3.63, 3.8) is 0 Å². The fraction of sp³-hybridized carbons (Fsp3) is 0.350. The standard InChI is InChI=1S/C20H24BrN3O3S/c1-15-3-6-17(7-4-15)28(26,27)24-11-9-23(10-12-24)14-20(25)22-19-8-5-16(2)13-18(19)21/h3-8,13H,9-12,14H2,1-2H3,(H,22,25)/p+1. The van der Waals surface area contributed by atoms with Crippen LogP contribution in [0.2, 0.25) is 0 Å². The summed E-state index contributed by atoms with van der Waals surface area (Å²) in [7, 11) is -3.48. The number of hydrogen-bond acceptors (Lipinski definition) is 3. The molecule has 0 aromatic heterocycles. The number of rotatable bonds is 5. The SMILES string of the molecule is Cc1ccc(S(=O)(=O)N2CC[NH+](CC(=O)Nc3ccc(C)cc3Br)CC2)cc1. The molecule has 0 atom stereocenters. The lowest BCUT2D eigenvalue weighted by atomic mass is 10.2. The van der Waals surface area contributed by atoms with E-state index in [0.717, 1.165) is 26.2 Å². The molecule has 2 aromatic carbocycles. The molecule has 28 heavy (non-hydrogen) atoms. The number of nitrogens with zero attached hydrogens (tertiary/aromatic N) is 1. The van der Waals surface area contributed by atoms with Crippen molar-refractivity contribution < 1.29 is 18.1 Å². The van der Waals surface area contributed by atoms with Crippen molar-refractivity contribution in [1.29, 1.82) is 0 Å². The lowest BCUT2D eigenvalue weighted by molar-refractivity contribution is -0.895. The van der Waals surface area contributed by atoms with Crippen LogP contribution in [0, 0.1) is 13.8 Å². The van der Waals surface area contributed by atoms with E-state index in [2.05, 4.69) is 21.2 Å². The van der Waals surface area contributed by atoms with E-state index in [1.54, 1.807) is 12.1 Å². The Hall–Kier alpha value is -1.74. The monoisotopic (exact) mass is 466 g/mol. The van der Waals surface area contributed by atoms with Gasteiger partial charge in [-0.25, -0.2) is 8.42 Å². The van der Waals surface area contributed by atoms with Gasteiger partial charge in [-0.05, 0) is 59.6 Å². The minimum Gasteiger partial charge on any atom is -0.325 e. The molecule has 1 aliphatic rings. The predicted octanol–water partition coefficient (Wildman–Crippen LogP) is 1.59. The topological polar surface area (TPSA) is 70.9 Å². The van der Waals surface area contributed by atoms with Crippen LogP contribution in [0.3, 0.4) is 0 Å². The molecule has 0 bridgehead atoms. The fourth-order valence-corrected chi connectivity index (χ4v) is 5.26. The molecule has 0 radical (unpaired) electrons. The van der Waals surface area contributed by atoms with Crippen molar-refractivity contribution in [3.8, 4) is 0 Å². The molecule has 3 rings (SSSR count). The molecule has 1 amide bonds. The molecule has 2 N–H and O–H groups in total. The number of quaternary nitrogens is 1. The number of halogens is 1. The van der Waals surface area contributed by atoms with Crippen LogP contribution in [-0.4, -0.2) is 51.4 Å². The van der Waals surface area contributed by atoms with Crippen LogP contribution in [0.1, 0.15) is 11.1 Å². The van der Waals surface area contributed by atoms with Gasteiger partial charge < -0.3 is 10.2 Å². The zero-order valence-corrected chi connectivity index (χ0v) is 18.4. The van der Waals surface area contributed by atoms with Crippen molar-refractivity contribution in [2.75, 3.05) is 38.0 Å². The summed E-state index contributed by atoms with van der Waals surface area (Å²) >= 11 is 3.46. The van der Waals surface area contributed by atoms with E-state index in [4.69, 9.17) is 0 Å². The van der Waals surface area contributed by atoms with Crippen molar-refractivity contribution in [2.24, 2.45) is 0 Å². The lowest BCUT2D eigenvalue weighted by Gasteiger charge is -2.31. The Morgan fingerprint density at radius 1 is 1.07 bits per heavy atom. The molecule has 0 unspecified atom stereocenters. The van der Waals surface area contributed by atoms with Gasteiger partial charge in [0.1, 0.15) is 0 Å². The van der Waals surface area contributed by atoms with Gasteiger partial charge in [-0.2, -0.15) is 4.31 Å². The minimum absolute atomic E-state index is 0.0746. The van der Waals surface area contributed by atoms with Gasteiger partial charge in [0.05, 0.1) is 36.8 Å². The first-order valence-electron chi connectivity index (χ1n) is 9.22. The van der Waals surface area contributed by atoms with Crippen molar-refractivity contribution in [3.05, 3.63) is 58.1 Å². The van der Waals surface area contributed by atoms with E-state index in [-0.39, 0.29) is 5.91 Å². The van der Waals surface area contributed by atoms with Gasteiger partial charge in [0.15, 0.2) is 6.54 Å². The van der Waals surface area contributed by atoms with Crippen LogP contribution in [-0.2, 0) is 14.8 Å². The second-order valence-electron chi connectivity index (χ2n) is 7.18. The molecule has 1 saturated heterocycles. The number of nitrogens with one attached hydrogen (secondary N) is 2. The molecule has 8 heteroatoms. The first-order valence-corrected chi connectivity index (χ1v) is 11.5. The molecule has 0 saturated carbocycles. The number of carbonyl (C=O) groups is 1. The summed E-state index contributed by atoms with van der Waals surface area (Å²) in [6, 6.07) is 12.7. The van der Waals surface area contributed by atoms with Crippen LogP contribution in [0.15, 0.2) is 51.8 Å². The third kappa shape index (κ3) is 5.00. The number of aryl methyl sites for hydroxylation is 2. The average Bonchev–Trinajstić information content (AvgIpc) is 2.65. The van der Waals surface area contributed by atoms with Gasteiger partial charge in [-0.3, -0.25) is 4.79 Å². The number of carbonyl (C=O) groups excluding carboxylic acids is 1. The number of benzene rings is 2. The predicted molar refractivity (Wildman–Crippen MR) is 113 cm³/mol. The smallest absolute Gasteiger partial charge is 0.279 e. The summed E-state index contributed by atoms with van der Waals surface area (Å²) in [5.74, 6) is -0.0746. The normalized spacial score (nSPS) is 16.1. The van der Waals surface area contributed by atoms with Gasteiger partial charge in [0.25, 0.3) is 5.91 Å². The number of anilines is 1. The Bertz CT molecular complexity index is 953. The summed E-state index contributed by atoms with van der Waals surface area (Å²) in [5, 5.41) is 2.92. The van der Waals surface area contributed by atoms with E-state index in [0.29, 0.717) is 37.6 Å². The third-order valence-corrected chi connectivity index (χ3v) is 7.47. The molecule has 2 aromatic rings. The van der Waals surface area contributed by atoms with E-state index in [1.165, 1.54) is 4.31 Å². The third-order valence-electron chi connectivity index (χ3n) is 4.90. The minimum atomic E-state index is -3.48. The first-order chi connectivity index (χ1) is 13.3. The number of hydrogen-bond donors (Lipinski definition) is 2. The molecular weight excluding hydrogens is 442 g/mol. The molecule has 1 fully saturated rings. The summed E-state index contributed by atoms with van der Waals surface area (Å²) in [6.07, 6.45) is 0. The van der Waals surface area contributed by atoms with Crippen LogP contribution in [0.5, 0.6) is 0 Å². The van der Waals surface area contributed by atoms with E-state index >= 15 is 0 Å². The highest BCUT2D eigenvalue weighted by atomic mass is 79.9. The van der Waals surface area contributed by atoms with Gasteiger partial charge in [0, 0.05) is 4.47 Å². The maximum atomic E-state index is 12.8. The number of piperazine rings is 1. The van der Waals surface area contributed by atoms with Crippen molar-refractivity contribution in [1.82, 2.24) is 4.31 Å². The van der Waals surface area contributed by atoms with E-state index in [9.17, 15) is 13.2 Å². The zero-order chi connectivity index (χ0) is 20.3. The van der Waals surface area contributed by atoms with Gasteiger partial charge >= 0.3 is 0 Å². The first kappa shape index (κ1) is 21.0. The summed E-state index contributed by atoms with van der Waals surface area (Å²) < 4.78 is 27.9. The Kier molecular flexibility index (Phi) is 6.54. The largest absolute Gasteiger partial charge is 0.325 e. The molecule has 0 spiro atoms. The Morgan fingerprint density at radius 2 is 1.68 bits per heavy atom. The fourth-order valence-electron chi connectivity index (χ4n) is 3.22. The quantitative estimate of drug-likeness (QED) is 0.702. The van der Waals surface area contributed by atoms with E-state index in [1.807, 2.05) is 44.2 Å². The molecule has 150 valence electrons. The van der Waals surface area contributed by atoms with Crippen LogP contribution < -0.4 is 10.2 Å². The lowest BCUT2D eigenvalue weighted by Crippen LogP contribution is -3.15. The summed E-state index contributed by atoms with van der Waals surface area (Å²) in [5.41, 5.74) is 2.89. The average molecular weight is 467 g/mol. The highest BCUT2D eigenvalue weighted by molar-refractivity contribution is 9.10. The highest BCUT2D eigenvalue weighted by Crippen LogP contribution is 2.23. The summed E-state index contributed by atoms with van der Waals surface area (Å²) in [6.45, 7) is 6.27. The Labute approximate surface area is 174 Å². The maximum Gasteiger partial charge on any atom is 0.279 e. The Balaban J connectivity index is 1.55. The van der Waals surface area contributed by atoms with E-state index < -0.39 is 10.0 Å². The number of amides is 1. The molecule has 6 nitrogen and oxygen atoms in total. The van der Waals surface area contributed by atoms with Crippen LogP contribution in [0.25, 0.3) is 0 Å². The number of sulfonamides is 1. The van der Waals surface area contributed by atoms with Crippen molar-refractivity contribution in [2.45, 2.75) is 18.7 Å². The van der Waals surface area contributed by atoms with Crippen molar-refractivity contribution >= 4 is 37.5 Å². The second kappa shape index (κ2) is 8.73. The molecule has 1 aliphatic heterocycles. The Morgan fingerprint density at radius 3 is 2.29 bits per heavy atom. The molecule has 1 heterocycles. The van der Waals surface area contributed by atoms with Gasteiger partial charge in [0.2, 0.25) is 10.0 Å². The second-order valence-corrected chi connectivity index (χ2v) is 9.97. The van der Waals surface area contributed by atoms with Crippen LogP contribution >= 0.6 is 15.9 Å². The highest BCUT2D eigenvalue weighted by Gasteiger charge is 2.31. The zero-order valence-electron chi connectivity index (χ0n) is 16.0. The van der Waals surface area contributed by atoms with Gasteiger partial charge in [-0.15, -0.1) is 0 Å². The molecular formula is C20H25BrN3O3S+. The molecule has 0 aliphatic carbocycles.